The third-order valence-corrected chi connectivity index (χ3v) is 7.05. The Hall–Kier alpha value is -3.43. The lowest BCUT2D eigenvalue weighted by molar-refractivity contribution is -0.156. The number of carbonyl (C=O) groups excluding carboxylic acids is 3. The van der Waals surface area contributed by atoms with Crippen molar-refractivity contribution in [3.05, 3.63) is 70.6 Å². The molecule has 3 rings (SSSR count). The summed E-state index contributed by atoms with van der Waals surface area (Å²) in [6.45, 7) is 13.3. The first-order valence-electron chi connectivity index (χ1n) is 14.0. The van der Waals surface area contributed by atoms with Crippen LogP contribution in [-0.2, 0) is 27.2 Å². The van der Waals surface area contributed by atoms with Crippen LogP contribution in [-0.4, -0.2) is 60.3 Å². The van der Waals surface area contributed by atoms with E-state index in [-0.39, 0.29) is 18.4 Å². The minimum absolute atomic E-state index is 0.107. The Balaban J connectivity index is 1.49. The van der Waals surface area contributed by atoms with Gasteiger partial charge in [-0.1, -0.05) is 42.5 Å². The van der Waals surface area contributed by atoms with Crippen LogP contribution in [0.25, 0.3) is 10.1 Å². The molecule has 1 heterocycles. The number of rotatable bonds is 12. The van der Waals surface area contributed by atoms with Crippen molar-refractivity contribution in [2.45, 2.75) is 72.1 Å². The van der Waals surface area contributed by atoms with Crippen LogP contribution in [0.3, 0.4) is 0 Å². The topological polar surface area (TPSA) is 97.0 Å². The van der Waals surface area contributed by atoms with E-state index in [0.29, 0.717) is 31.1 Å². The van der Waals surface area contributed by atoms with Gasteiger partial charge in [0.2, 0.25) is 0 Å². The van der Waals surface area contributed by atoms with Crippen LogP contribution in [0, 0.1) is 0 Å². The molecule has 3 aromatic rings. The first kappa shape index (κ1) is 32.1. The van der Waals surface area contributed by atoms with Crippen molar-refractivity contribution < 1.29 is 23.9 Å². The molecule has 0 atom stereocenters. The molecule has 0 radical (unpaired) electrons. The van der Waals surface area contributed by atoms with Crippen molar-refractivity contribution in [1.29, 1.82) is 0 Å². The van der Waals surface area contributed by atoms with E-state index in [1.54, 1.807) is 0 Å². The van der Waals surface area contributed by atoms with Crippen LogP contribution in [0.4, 0.5) is 4.79 Å². The van der Waals surface area contributed by atoms with Gasteiger partial charge in [-0.25, -0.2) is 4.79 Å². The number of fused-ring (bicyclic) bond motifs is 1. The van der Waals surface area contributed by atoms with E-state index in [2.05, 4.69) is 22.8 Å². The van der Waals surface area contributed by atoms with Gasteiger partial charge in [0.15, 0.2) is 0 Å². The third-order valence-electron chi connectivity index (χ3n) is 5.93. The molecule has 8 nitrogen and oxygen atoms in total. The van der Waals surface area contributed by atoms with Crippen molar-refractivity contribution in [2.24, 2.45) is 0 Å². The van der Waals surface area contributed by atoms with Crippen LogP contribution in [0.2, 0.25) is 0 Å². The van der Waals surface area contributed by atoms with Gasteiger partial charge in [-0.3, -0.25) is 14.5 Å². The van der Waals surface area contributed by atoms with E-state index in [9.17, 15) is 14.4 Å². The summed E-state index contributed by atoms with van der Waals surface area (Å²) in [7, 11) is 0. The van der Waals surface area contributed by atoms with Crippen molar-refractivity contribution in [3.8, 4) is 0 Å². The first-order valence-corrected chi connectivity index (χ1v) is 14.8. The van der Waals surface area contributed by atoms with E-state index in [1.807, 2.05) is 88.9 Å². The smallest absolute Gasteiger partial charge is 0.407 e. The zero-order valence-corrected chi connectivity index (χ0v) is 25.9. The number of hydrogen-bond donors (Lipinski definition) is 2. The number of ether oxygens (including phenoxy) is 2. The second kappa shape index (κ2) is 14.5. The number of aryl methyl sites for hydroxylation is 1. The molecule has 1 aromatic heterocycles. The van der Waals surface area contributed by atoms with Crippen molar-refractivity contribution in [1.82, 2.24) is 15.5 Å². The maximum absolute atomic E-state index is 12.7. The average molecular weight is 582 g/mol. The predicted molar refractivity (Wildman–Crippen MR) is 164 cm³/mol. The fourth-order valence-corrected chi connectivity index (χ4v) is 5.13. The summed E-state index contributed by atoms with van der Waals surface area (Å²) in [5, 5.41) is 6.83. The number of nitrogens with one attached hydrogen (secondary N) is 2. The Morgan fingerprint density at radius 2 is 1.49 bits per heavy atom. The van der Waals surface area contributed by atoms with Crippen molar-refractivity contribution >= 4 is 39.4 Å². The molecule has 2 amide bonds. The molecular formula is C32H43N3O5S. The Kier molecular flexibility index (Phi) is 11.3. The van der Waals surface area contributed by atoms with Crippen LogP contribution >= 0.6 is 11.3 Å². The van der Waals surface area contributed by atoms with E-state index in [1.165, 1.54) is 16.9 Å². The molecule has 0 unspecified atom stereocenters. The van der Waals surface area contributed by atoms with Gasteiger partial charge < -0.3 is 20.1 Å². The highest BCUT2D eigenvalue weighted by atomic mass is 32.1. The zero-order chi connectivity index (χ0) is 30.0. The molecule has 0 spiro atoms. The molecule has 41 heavy (non-hydrogen) atoms. The quantitative estimate of drug-likeness (QED) is 0.257. The SMILES string of the molecule is CC(C)(C)OC(=O)CN(CCCc1ccc(CNC(=O)OC(C)(C)C)cc1)CCNC(=O)c1cc2ccccc2s1. The minimum atomic E-state index is -0.557. The van der Waals surface area contributed by atoms with Crippen LogP contribution in [0.1, 0.15) is 68.8 Å². The van der Waals surface area contributed by atoms with Gasteiger partial charge in [-0.2, -0.15) is 0 Å². The maximum atomic E-state index is 12.7. The largest absolute Gasteiger partial charge is 0.459 e. The highest BCUT2D eigenvalue weighted by molar-refractivity contribution is 7.20. The van der Waals surface area contributed by atoms with Gasteiger partial charge in [0.05, 0.1) is 11.4 Å². The van der Waals surface area contributed by atoms with E-state index < -0.39 is 17.3 Å². The van der Waals surface area contributed by atoms with Crippen LogP contribution < -0.4 is 10.6 Å². The van der Waals surface area contributed by atoms with Gasteiger partial charge in [0.1, 0.15) is 11.2 Å². The predicted octanol–water partition coefficient (Wildman–Crippen LogP) is 5.93. The maximum Gasteiger partial charge on any atom is 0.407 e. The molecule has 0 aliphatic rings. The second-order valence-corrected chi connectivity index (χ2v) is 13.1. The van der Waals surface area contributed by atoms with Crippen LogP contribution in [0.15, 0.2) is 54.6 Å². The molecule has 0 saturated carbocycles. The number of carbonyl (C=O) groups is 3. The molecule has 222 valence electrons. The van der Waals surface area contributed by atoms with E-state index >= 15 is 0 Å². The normalized spacial score (nSPS) is 11.9. The summed E-state index contributed by atoms with van der Waals surface area (Å²) < 4.78 is 11.9. The lowest BCUT2D eigenvalue weighted by atomic mass is 10.1. The van der Waals surface area contributed by atoms with Gasteiger partial charge >= 0.3 is 12.1 Å². The van der Waals surface area contributed by atoms with Crippen LogP contribution in [0.5, 0.6) is 0 Å². The minimum Gasteiger partial charge on any atom is -0.459 e. The Bertz CT molecular complexity index is 1270. The standard InChI is InChI=1S/C32H43N3O5S/c1-31(2,3)39-28(36)22-35(19-17-33-29(37)27-20-25-11-7-8-12-26(25)41-27)18-9-10-23-13-15-24(16-14-23)21-34-30(38)40-32(4,5)6/h7-8,11-16,20H,9-10,17-19,21-22H2,1-6H3,(H,33,37)(H,34,38). The van der Waals surface area contributed by atoms with E-state index in [0.717, 1.165) is 28.5 Å². The third kappa shape index (κ3) is 11.9. The summed E-state index contributed by atoms with van der Waals surface area (Å²) in [5.74, 6) is -0.389. The van der Waals surface area contributed by atoms with Gasteiger partial charge in [0.25, 0.3) is 5.91 Å². The summed E-state index contributed by atoms with van der Waals surface area (Å²) in [4.78, 5) is 39.9. The number of alkyl carbamates (subject to hydrolysis) is 1. The molecule has 0 aliphatic carbocycles. The fourth-order valence-electron chi connectivity index (χ4n) is 4.15. The van der Waals surface area contributed by atoms with Crippen molar-refractivity contribution in [2.75, 3.05) is 26.2 Å². The first-order chi connectivity index (χ1) is 19.3. The molecule has 0 bridgehead atoms. The van der Waals surface area contributed by atoms with Gasteiger partial charge in [-0.15, -0.1) is 11.3 Å². The zero-order valence-electron chi connectivity index (χ0n) is 25.0. The molecule has 0 aliphatic heterocycles. The summed E-state index contributed by atoms with van der Waals surface area (Å²) >= 11 is 1.47. The summed E-state index contributed by atoms with van der Waals surface area (Å²) in [5.41, 5.74) is 1.07. The molecule has 2 aromatic carbocycles. The van der Waals surface area contributed by atoms with E-state index in [4.69, 9.17) is 9.47 Å². The number of thiophene rings is 1. The van der Waals surface area contributed by atoms with Crippen molar-refractivity contribution in [3.63, 3.8) is 0 Å². The monoisotopic (exact) mass is 581 g/mol. The molecule has 0 saturated heterocycles. The highest BCUT2D eigenvalue weighted by Gasteiger charge is 2.20. The Morgan fingerprint density at radius 3 is 2.15 bits per heavy atom. The van der Waals surface area contributed by atoms with Gasteiger partial charge in [0, 0.05) is 24.3 Å². The number of nitrogens with zero attached hydrogens (tertiary/aromatic N) is 1. The highest BCUT2D eigenvalue weighted by Crippen LogP contribution is 2.25. The summed E-state index contributed by atoms with van der Waals surface area (Å²) in [6, 6.07) is 17.9. The number of esters is 1. The lowest BCUT2D eigenvalue weighted by Gasteiger charge is -2.25. The fraction of sp³-hybridized carbons (Fsp3) is 0.469. The molecular weight excluding hydrogens is 538 g/mol. The number of hydrogen-bond acceptors (Lipinski definition) is 7. The second-order valence-electron chi connectivity index (χ2n) is 12.0. The Labute approximate surface area is 247 Å². The molecule has 9 heteroatoms. The Morgan fingerprint density at radius 1 is 0.829 bits per heavy atom. The molecule has 2 N–H and O–H groups in total. The molecule has 0 fully saturated rings. The number of amides is 2. The lowest BCUT2D eigenvalue weighted by Crippen LogP contribution is -2.40. The van der Waals surface area contributed by atoms with Gasteiger partial charge in [-0.05, 0) is 89.6 Å². The number of benzene rings is 2. The summed E-state index contributed by atoms with van der Waals surface area (Å²) in [6.07, 6.45) is 1.23. The average Bonchev–Trinajstić information content (AvgIpc) is 3.30.